The smallest absolute Gasteiger partial charge is 0.220 e. The Hall–Kier alpha value is -1.34. The number of amides is 1. The van der Waals surface area contributed by atoms with E-state index in [-0.39, 0.29) is 16.9 Å². The molecule has 0 saturated carbocycles. The summed E-state index contributed by atoms with van der Waals surface area (Å²) in [6, 6.07) is 0. The van der Waals surface area contributed by atoms with Crippen LogP contribution in [0.1, 0.15) is 46.0 Å². The molecule has 0 radical (unpaired) electrons. The summed E-state index contributed by atoms with van der Waals surface area (Å²) in [5.74, 6) is 1.16. The lowest BCUT2D eigenvalue weighted by Gasteiger charge is -2.44. The minimum Gasteiger partial charge on any atom is -0.381 e. The molecule has 1 amide bonds. The van der Waals surface area contributed by atoms with Crippen LogP contribution in [0, 0.1) is 5.41 Å². The van der Waals surface area contributed by atoms with Gasteiger partial charge >= 0.3 is 0 Å². The molecule has 0 aromatic rings. The first-order valence-electron chi connectivity index (χ1n) is 10.4. The normalized spacial score (nSPS) is 28.7. The number of methoxy groups -OCH3 is 1. The summed E-state index contributed by atoms with van der Waals surface area (Å²) < 4.78 is 5.50. The number of nitrogens with zero attached hydrogens (tertiary/aromatic N) is 3. The van der Waals surface area contributed by atoms with E-state index in [1.807, 2.05) is 14.2 Å². The highest BCUT2D eigenvalue weighted by atomic mass is 16.5. The van der Waals surface area contributed by atoms with Gasteiger partial charge in [0.25, 0.3) is 0 Å². The van der Waals surface area contributed by atoms with Gasteiger partial charge in [0.15, 0.2) is 5.96 Å². The number of piperidine rings is 2. The van der Waals surface area contributed by atoms with Gasteiger partial charge in [-0.25, -0.2) is 0 Å². The third kappa shape index (κ3) is 4.74. The molecule has 1 spiro atoms. The van der Waals surface area contributed by atoms with Gasteiger partial charge in [-0.2, -0.15) is 0 Å². The van der Waals surface area contributed by atoms with E-state index >= 15 is 0 Å². The largest absolute Gasteiger partial charge is 0.381 e. The van der Waals surface area contributed by atoms with Crippen LogP contribution in [0.15, 0.2) is 4.99 Å². The summed E-state index contributed by atoms with van der Waals surface area (Å²) in [6.45, 7) is 10.3. The van der Waals surface area contributed by atoms with E-state index in [2.05, 4.69) is 39.3 Å². The first-order chi connectivity index (χ1) is 12.9. The van der Waals surface area contributed by atoms with Gasteiger partial charge in [-0.1, -0.05) is 0 Å². The number of aliphatic imine (C=N–C) groups is 1. The number of rotatable bonds is 4. The zero-order chi connectivity index (χ0) is 19.5. The Balaban J connectivity index is 1.55. The lowest BCUT2D eigenvalue weighted by atomic mass is 9.79. The van der Waals surface area contributed by atoms with Crippen LogP contribution in [0.2, 0.25) is 0 Å². The summed E-state index contributed by atoms with van der Waals surface area (Å²) >= 11 is 0. The summed E-state index contributed by atoms with van der Waals surface area (Å²) in [6.07, 6.45) is 5.50. The average molecular weight is 380 g/mol. The van der Waals surface area contributed by atoms with Crippen LogP contribution in [0.5, 0.6) is 0 Å². The van der Waals surface area contributed by atoms with Crippen LogP contribution >= 0.6 is 0 Å². The number of carbonyl (C=O) groups is 1. The number of nitrogens with one attached hydrogen (secondary N) is 2. The maximum absolute atomic E-state index is 11.7. The molecule has 1 atom stereocenters. The second kappa shape index (κ2) is 8.35. The van der Waals surface area contributed by atoms with Gasteiger partial charge in [0.05, 0.1) is 6.10 Å². The standard InChI is InChI=1S/C20H37N5O2/c1-19(2,25-10-6-16(27-4)7-11-25)13-23-18(21-3)24-9-5-8-20(15-24)12-17(26)22-14-20/h16H,5-15H2,1-4H3,(H,21,23)(H,22,26). The van der Waals surface area contributed by atoms with Crippen molar-refractivity contribution in [2.75, 3.05) is 53.4 Å². The van der Waals surface area contributed by atoms with Crippen molar-refractivity contribution in [3.05, 3.63) is 0 Å². The van der Waals surface area contributed by atoms with E-state index in [0.717, 1.165) is 70.9 Å². The van der Waals surface area contributed by atoms with Crippen LogP contribution in [0.3, 0.4) is 0 Å². The lowest BCUT2D eigenvalue weighted by molar-refractivity contribution is -0.119. The Bertz CT molecular complexity index is 557. The van der Waals surface area contributed by atoms with Gasteiger partial charge < -0.3 is 20.3 Å². The van der Waals surface area contributed by atoms with Gasteiger partial charge in [-0.15, -0.1) is 0 Å². The molecule has 3 fully saturated rings. The minimum absolute atomic E-state index is 0.0625. The van der Waals surface area contributed by atoms with Crippen molar-refractivity contribution >= 4 is 11.9 Å². The SMILES string of the molecule is CN=C(NCC(C)(C)N1CCC(OC)CC1)N1CCCC2(CNC(=O)C2)C1. The fourth-order valence-corrected chi connectivity index (χ4v) is 4.87. The Morgan fingerprint density at radius 3 is 2.70 bits per heavy atom. The van der Waals surface area contributed by atoms with Gasteiger partial charge in [0.2, 0.25) is 5.91 Å². The molecule has 3 rings (SSSR count). The minimum atomic E-state index is 0.0625. The van der Waals surface area contributed by atoms with Crippen LogP contribution in [0.4, 0.5) is 0 Å². The van der Waals surface area contributed by atoms with E-state index in [0.29, 0.717) is 12.5 Å². The van der Waals surface area contributed by atoms with E-state index in [4.69, 9.17) is 4.74 Å². The predicted octanol–water partition coefficient (Wildman–Crippen LogP) is 1.05. The van der Waals surface area contributed by atoms with Crippen molar-refractivity contribution < 1.29 is 9.53 Å². The molecule has 7 nitrogen and oxygen atoms in total. The summed E-state index contributed by atoms with van der Waals surface area (Å²) in [5.41, 5.74) is 0.150. The summed E-state index contributed by atoms with van der Waals surface area (Å²) in [5, 5.41) is 6.64. The summed E-state index contributed by atoms with van der Waals surface area (Å²) in [4.78, 5) is 21.2. The molecule has 3 saturated heterocycles. The van der Waals surface area contributed by atoms with Crippen molar-refractivity contribution in [2.45, 2.75) is 57.6 Å². The molecule has 154 valence electrons. The van der Waals surface area contributed by atoms with E-state index in [9.17, 15) is 4.79 Å². The average Bonchev–Trinajstić information content (AvgIpc) is 3.02. The fraction of sp³-hybridized carbons (Fsp3) is 0.900. The predicted molar refractivity (Wildman–Crippen MR) is 108 cm³/mol. The fourth-order valence-electron chi connectivity index (χ4n) is 4.87. The van der Waals surface area contributed by atoms with Crippen LogP contribution < -0.4 is 10.6 Å². The first kappa shape index (κ1) is 20.4. The van der Waals surface area contributed by atoms with Gasteiger partial charge in [0, 0.05) is 70.8 Å². The monoisotopic (exact) mass is 379 g/mol. The highest BCUT2D eigenvalue weighted by Crippen LogP contribution is 2.36. The van der Waals surface area contributed by atoms with Gasteiger partial charge in [-0.3, -0.25) is 14.7 Å². The van der Waals surface area contributed by atoms with E-state index in [1.54, 1.807) is 0 Å². The van der Waals surface area contributed by atoms with Crippen molar-refractivity contribution in [1.82, 2.24) is 20.4 Å². The maximum atomic E-state index is 11.7. The molecule has 0 bridgehead atoms. The topological polar surface area (TPSA) is 69.2 Å². The van der Waals surface area contributed by atoms with Crippen molar-refractivity contribution in [1.29, 1.82) is 0 Å². The Labute approximate surface area is 163 Å². The van der Waals surface area contributed by atoms with Crippen LogP contribution in [-0.4, -0.2) is 86.7 Å². The molecule has 3 aliphatic heterocycles. The zero-order valence-electron chi connectivity index (χ0n) is 17.5. The molecule has 1 unspecified atom stereocenters. The maximum Gasteiger partial charge on any atom is 0.220 e. The second-order valence-electron chi connectivity index (χ2n) is 9.11. The van der Waals surface area contributed by atoms with Crippen molar-refractivity contribution in [3.8, 4) is 0 Å². The third-order valence-corrected chi connectivity index (χ3v) is 6.68. The van der Waals surface area contributed by atoms with Crippen molar-refractivity contribution in [2.24, 2.45) is 10.4 Å². The molecular formula is C20H37N5O2. The zero-order valence-corrected chi connectivity index (χ0v) is 17.5. The highest BCUT2D eigenvalue weighted by molar-refractivity contribution is 5.81. The molecule has 0 aromatic heterocycles. The van der Waals surface area contributed by atoms with Gasteiger partial charge in [-0.05, 0) is 39.5 Å². The number of ether oxygens (including phenoxy) is 1. The second-order valence-corrected chi connectivity index (χ2v) is 9.11. The molecule has 2 N–H and O–H groups in total. The number of guanidine groups is 1. The first-order valence-corrected chi connectivity index (χ1v) is 10.4. The highest BCUT2D eigenvalue weighted by Gasteiger charge is 2.42. The molecule has 27 heavy (non-hydrogen) atoms. The molecule has 3 heterocycles. The quantitative estimate of drug-likeness (QED) is 0.565. The number of carbonyl (C=O) groups excluding carboxylic acids is 1. The van der Waals surface area contributed by atoms with Crippen LogP contribution in [0.25, 0.3) is 0 Å². The number of hydrogen-bond donors (Lipinski definition) is 2. The number of likely N-dealkylation sites (tertiary alicyclic amines) is 2. The summed E-state index contributed by atoms with van der Waals surface area (Å²) in [7, 11) is 3.68. The molecule has 3 aliphatic rings. The van der Waals surface area contributed by atoms with Gasteiger partial charge in [0.1, 0.15) is 0 Å². The van der Waals surface area contributed by atoms with Crippen LogP contribution in [-0.2, 0) is 9.53 Å². The lowest BCUT2D eigenvalue weighted by Crippen LogP contribution is -2.58. The molecular weight excluding hydrogens is 342 g/mol. The third-order valence-electron chi connectivity index (χ3n) is 6.68. The molecule has 0 aliphatic carbocycles. The van der Waals surface area contributed by atoms with E-state index < -0.39 is 0 Å². The molecule has 7 heteroatoms. The number of hydrogen-bond acceptors (Lipinski definition) is 4. The molecule has 0 aromatic carbocycles. The van der Waals surface area contributed by atoms with E-state index in [1.165, 1.54) is 0 Å². The Morgan fingerprint density at radius 1 is 1.37 bits per heavy atom. The Morgan fingerprint density at radius 2 is 2.11 bits per heavy atom. The Kier molecular flexibility index (Phi) is 6.31. The van der Waals surface area contributed by atoms with Crippen molar-refractivity contribution in [3.63, 3.8) is 0 Å².